The Bertz CT molecular complexity index is 552. The lowest BCUT2D eigenvalue weighted by atomic mass is 10.1. The Morgan fingerprint density at radius 2 is 1.94 bits per heavy atom. The van der Waals surface area contributed by atoms with E-state index in [1.165, 1.54) is 6.92 Å². The highest BCUT2D eigenvalue weighted by Gasteiger charge is 2.25. The van der Waals surface area contributed by atoms with E-state index in [4.69, 9.17) is 0 Å². The van der Waals surface area contributed by atoms with Gasteiger partial charge >= 0.3 is 0 Å². The van der Waals surface area contributed by atoms with Crippen molar-refractivity contribution >= 4 is 15.6 Å². The number of carbonyl (C=O) groups is 1. The molecule has 6 heteroatoms. The first-order valence-corrected chi connectivity index (χ1v) is 7.19. The molecule has 0 amide bonds. The second-order valence-corrected chi connectivity index (χ2v) is 6.49. The Morgan fingerprint density at radius 3 is 2.50 bits per heavy atom. The van der Waals surface area contributed by atoms with Gasteiger partial charge in [-0.2, -0.15) is 0 Å². The molecule has 0 aliphatic carbocycles. The minimum atomic E-state index is -3.63. The van der Waals surface area contributed by atoms with E-state index in [-0.39, 0.29) is 0 Å². The molecule has 1 atom stereocenters. The zero-order valence-corrected chi connectivity index (χ0v) is 10.9. The molecule has 0 spiro atoms. The van der Waals surface area contributed by atoms with Crippen LogP contribution in [0, 0.1) is 11.6 Å². The van der Waals surface area contributed by atoms with Gasteiger partial charge in [-0.3, -0.25) is 4.79 Å². The molecule has 3 nitrogen and oxygen atoms in total. The summed E-state index contributed by atoms with van der Waals surface area (Å²) in [5.74, 6) is -3.42. The Balaban J connectivity index is 3.00. The predicted octanol–water partition coefficient (Wildman–Crippen LogP) is 2.36. The molecule has 0 aromatic heterocycles. The molecule has 0 saturated carbocycles. The van der Waals surface area contributed by atoms with Crippen molar-refractivity contribution in [3.8, 4) is 0 Å². The normalized spacial score (nSPS) is 13.3. The largest absolute Gasteiger partial charge is 0.293 e. The number of halogens is 2. The van der Waals surface area contributed by atoms with Crippen LogP contribution in [0.3, 0.4) is 0 Å². The third-order valence-electron chi connectivity index (χ3n) is 2.75. The molecule has 0 bridgehead atoms. The van der Waals surface area contributed by atoms with Crippen LogP contribution in [-0.2, 0) is 9.84 Å². The van der Waals surface area contributed by atoms with Crippen LogP contribution in [-0.4, -0.2) is 25.2 Å². The number of carbonyl (C=O) groups excluding carboxylic acids is 1. The van der Waals surface area contributed by atoms with E-state index in [0.29, 0.717) is 12.5 Å². The monoisotopic (exact) mass is 276 g/mol. The second kappa shape index (κ2) is 5.56. The highest BCUT2D eigenvalue weighted by Crippen LogP contribution is 2.14. The zero-order chi connectivity index (χ0) is 13.9. The van der Waals surface area contributed by atoms with Crippen LogP contribution in [0.1, 0.15) is 30.6 Å². The standard InChI is InChI=1S/C12H14F2O3S/c1-3-8(2)18(16,17)7-12(15)10-6-9(13)4-5-11(10)14/h4-6,8H,3,7H2,1-2H3. The fraction of sp³-hybridized carbons (Fsp3) is 0.417. The first-order valence-electron chi connectivity index (χ1n) is 5.47. The average molecular weight is 276 g/mol. The summed E-state index contributed by atoms with van der Waals surface area (Å²) in [4.78, 5) is 11.7. The van der Waals surface area contributed by atoms with E-state index in [9.17, 15) is 22.0 Å². The summed E-state index contributed by atoms with van der Waals surface area (Å²) in [6.07, 6.45) is 0.362. The van der Waals surface area contributed by atoms with Crippen molar-refractivity contribution in [3.05, 3.63) is 35.4 Å². The Kier molecular flexibility index (Phi) is 4.56. The second-order valence-electron chi connectivity index (χ2n) is 4.07. The third-order valence-corrected chi connectivity index (χ3v) is 4.97. The van der Waals surface area contributed by atoms with Crippen LogP contribution in [0.25, 0.3) is 0 Å². The molecule has 0 aliphatic rings. The maximum Gasteiger partial charge on any atom is 0.180 e. The number of benzene rings is 1. The number of hydrogen-bond donors (Lipinski definition) is 0. The molecule has 1 unspecified atom stereocenters. The molecule has 100 valence electrons. The zero-order valence-electron chi connectivity index (χ0n) is 10.1. The van der Waals surface area contributed by atoms with Crippen molar-refractivity contribution < 1.29 is 22.0 Å². The van der Waals surface area contributed by atoms with E-state index in [2.05, 4.69) is 0 Å². The average Bonchev–Trinajstić information content (AvgIpc) is 2.30. The summed E-state index contributed by atoms with van der Waals surface area (Å²) in [5, 5.41) is -0.682. The molecule has 0 radical (unpaired) electrons. The van der Waals surface area contributed by atoms with E-state index in [1.54, 1.807) is 6.92 Å². The molecular weight excluding hydrogens is 262 g/mol. The maximum atomic E-state index is 13.3. The van der Waals surface area contributed by atoms with E-state index in [1.807, 2.05) is 0 Å². The number of rotatable bonds is 5. The van der Waals surface area contributed by atoms with Crippen molar-refractivity contribution in [1.29, 1.82) is 0 Å². The quantitative estimate of drug-likeness (QED) is 0.776. The summed E-state index contributed by atoms with van der Waals surface area (Å²) < 4.78 is 49.6. The summed E-state index contributed by atoms with van der Waals surface area (Å²) in [7, 11) is -3.63. The first kappa shape index (κ1) is 14.8. The third kappa shape index (κ3) is 3.35. The minimum absolute atomic E-state index is 0.362. The van der Waals surface area contributed by atoms with Gasteiger partial charge in [0.25, 0.3) is 0 Å². The van der Waals surface area contributed by atoms with Gasteiger partial charge in [-0.1, -0.05) is 6.92 Å². The lowest BCUT2D eigenvalue weighted by molar-refractivity contribution is 0.101. The number of ketones is 1. The Morgan fingerprint density at radius 1 is 1.33 bits per heavy atom. The van der Waals surface area contributed by atoms with Crippen LogP contribution in [0.4, 0.5) is 8.78 Å². The van der Waals surface area contributed by atoms with E-state index in [0.717, 1.165) is 12.1 Å². The van der Waals surface area contributed by atoms with E-state index < -0.39 is 43.8 Å². The fourth-order valence-corrected chi connectivity index (χ4v) is 2.68. The number of hydrogen-bond acceptors (Lipinski definition) is 3. The highest BCUT2D eigenvalue weighted by molar-refractivity contribution is 7.92. The van der Waals surface area contributed by atoms with Gasteiger partial charge in [0, 0.05) is 0 Å². The molecule has 1 aromatic carbocycles. The van der Waals surface area contributed by atoms with Gasteiger partial charge in [0.05, 0.1) is 10.8 Å². The van der Waals surface area contributed by atoms with Crippen molar-refractivity contribution in [3.63, 3.8) is 0 Å². The lowest BCUT2D eigenvalue weighted by Gasteiger charge is -2.10. The molecule has 1 aromatic rings. The van der Waals surface area contributed by atoms with E-state index >= 15 is 0 Å². The number of Topliss-reactive ketones (excluding diaryl/α,β-unsaturated/α-hetero) is 1. The molecule has 1 rings (SSSR count). The maximum absolute atomic E-state index is 13.3. The van der Waals surface area contributed by atoms with Crippen molar-refractivity contribution in [2.24, 2.45) is 0 Å². The van der Waals surface area contributed by atoms with Crippen molar-refractivity contribution in [2.75, 3.05) is 5.75 Å². The molecule has 18 heavy (non-hydrogen) atoms. The predicted molar refractivity (Wildman–Crippen MR) is 64.2 cm³/mol. The molecule has 0 N–H and O–H groups in total. The van der Waals surface area contributed by atoms with Gasteiger partial charge in [-0.05, 0) is 31.5 Å². The minimum Gasteiger partial charge on any atom is -0.293 e. The summed E-state index contributed by atoms with van der Waals surface area (Å²) in [6.45, 7) is 3.15. The van der Waals surface area contributed by atoms with Crippen molar-refractivity contribution in [2.45, 2.75) is 25.5 Å². The van der Waals surface area contributed by atoms with Gasteiger partial charge in [-0.15, -0.1) is 0 Å². The van der Waals surface area contributed by atoms with Gasteiger partial charge < -0.3 is 0 Å². The highest BCUT2D eigenvalue weighted by atomic mass is 32.2. The topological polar surface area (TPSA) is 51.2 Å². The molecule has 0 fully saturated rings. The lowest BCUT2D eigenvalue weighted by Crippen LogP contribution is -2.25. The van der Waals surface area contributed by atoms with Gasteiger partial charge in [-0.25, -0.2) is 17.2 Å². The van der Waals surface area contributed by atoms with Crippen LogP contribution in [0.5, 0.6) is 0 Å². The van der Waals surface area contributed by atoms with Crippen molar-refractivity contribution in [1.82, 2.24) is 0 Å². The van der Waals surface area contributed by atoms with Crippen LogP contribution >= 0.6 is 0 Å². The molecule has 0 heterocycles. The molecule has 0 aliphatic heterocycles. The number of sulfone groups is 1. The Hall–Kier alpha value is -1.30. The van der Waals surface area contributed by atoms with Crippen LogP contribution in [0.2, 0.25) is 0 Å². The summed E-state index contributed by atoms with van der Waals surface area (Å²) in [5.41, 5.74) is -0.526. The summed E-state index contributed by atoms with van der Waals surface area (Å²) in [6, 6.07) is 2.39. The van der Waals surface area contributed by atoms with Crippen LogP contribution < -0.4 is 0 Å². The fourth-order valence-electron chi connectivity index (χ4n) is 1.37. The van der Waals surface area contributed by atoms with Gasteiger partial charge in [0.1, 0.15) is 17.4 Å². The summed E-state index contributed by atoms with van der Waals surface area (Å²) >= 11 is 0. The van der Waals surface area contributed by atoms with Gasteiger partial charge in [0.2, 0.25) is 0 Å². The molecular formula is C12H14F2O3S. The smallest absolute Gasteiger partial charge is 0.180 e. The first-order chi connectivity index (χ1) is 8.27. The Labute approximate surface area is 105 Å². The van der Waals surface area contributed by atoms with Crippen LogP contribution in [0.15, 0.2) is 18.2 Å². The molecule has 0 saturated heterocycles. The van der Waals surface area contributed by atoms with Gasteiger partial charge in [0.15, 0.2) is 15.6 Å². The SMILES string of the molecule is CCC(C)S(=O)(=O)CC(=O)c1cc(F)ccc1F.